The summed E-state index contributed by atoms with van der Waals surface area (Å²) in [6, 6.07) is 8.25. The number of amides is 3. The van der Waals surface area contributed by atoms with Crippen LogP contribution in [0.25, 0.3) is 0 Å². The molecule has 2 fully saturated rings. The number of hydrogen-bond donors (Lipinski definition) is 2. The predicted octanol–water partition coefficient (Wildman–Crippen LogP) is 5.76. The Balaban J connectivity index is 1.59. The van der Waals surface area contributed by atoms with Gasteiger partial charge in [-0.2, -0.15) is 0 Å². The van der Waals surface area contributed by atoms with Crippen molar-refractivity contribution < 1.29 is 28.7 Å². The molecule has 2 N–H and O–H groups in total. The summed E-state index contributed by atoms with van der Waals surface area (Å²) in [6.45, 7) is 14.6. The summed E-state index contributed by atoms with van der Waals surface area (Å²) in [5.41, 5.74) is -0.279. The van der Waals surface area contributed by atoms with Gasteiger partial charge in [-0.15, -0.1) is 0 Å². The van der Waals surface area contributed by atoms with E-state index in [1.165, 1.54) is 7.11 Å². The molecule has 0 unspecified atom stereocenters. The number of benzene rings is 1. The van der Waals surface area contributed by atoms with Gasteiger partial charge in [0.15, 0.2) is 0 Å². The maximum atomic E-state index is 14.0. The Kier molecular flexibility index (Phi) is 14.7. The van der Waals surface area contributed by atoms with Gasteiger partial charge in [-0.1, -0.05) is 63.3 Å². The van der Waals surface area contributed by atoms with E-state index >= 15 is 0 Å². The molecule has 3 amide bonds. The van der Waals surface area contributed by atoms with Gasteiger partial charge in [0, 0.05) is 37.0 Å². The third-order valence-corrected chi connectivity index (χ3v) is 9.54. The first-order chi connectivity index (χ1) is 23.0. The maximum absolute atomic E-state index is 14.0. The highest BCUT2D eigenvalue weighted by Crippen LogP contribution is 2.38. The Labute approximate surface area is 293 Å². The lowest BCUT2D eigenvalue weighted by Crippen LogP contribution is -2.59. The van der Waals surface area contributed by atoms with E-state index in [0.717, 1.165) is 17.0 Å². The second-order valence-corrected chi connectivity index (χ2v) is 15.5. The summed E-state index contributed by atoms with van der Waals surface area (Å²) in [4.78, 5) is 54.5. The molecule has 0 aromatic heterocycles. The van der Waals surface area contributed by atoms with Crippen molar-refractivity contribution in [1.82, 2.24) is 20.6 Å². The van der Waals surface area contributed by atoms with E-state index in [2.05, 4.69) is 37.5 Å². The van der Waals surface area contributed by atoms with Gasteiger partial charge in [0.05, 0.1) is 13.0 Å². The fraction of sp³-hybridized carbons (Fsp3) is 0.684. The van der Waals surface area contributed by atoms with Crippen LogP contribution in [0.1, 0.15) is 99.0 Å². The van der Waals surface area contributed by atoms with Crippen molar-refractivity contribution in [1.29, 1.82) is 0 Å². The second-order valence-electron chi connectivity index (χ2n) is 15.5. The fourth-order valence-corrected chi connectivity index (χ4v) is 7.37. The van der Waals surface area contributed by atoms with Crippen LogP contribution in [0.5, 0.6) is 0 Å². The highest BCUT2D eigenvalue weighted by atomic mass is 16.6. The second kappa shape index (κ2) is 18.0. The van der Waals surface area contributed by atoms with Crippen LogP contribution < -0.4 is 10.6 Å². The minimum atomic E-state index is -0.937. The zero-order chi connectivity index (χ0) is 36.4. The molecule has 2 saturated heterocycles. The third-order valence-electron chi connectivity index (χ3n) is 9.54. The molecule has 2 aliphatic heterocycles. The Bertz CT molecular complexity index is 1260. The van der Waals surface area contributed by atoms with Crippen LogP contribution in [0.15, 0.2) is 42.5 Å². The van der Waals surface area contributed by atoms with Crippen LogP contribution in [-0.2, 0) is 30.3 Å². The molecule has 1 aromatic rings. The number of carbonyl (C=O) groups is 4. The number of piperidine rings is 1. The van der Waals surface area contributed by atoms with Crippen molar-refractivity contribution in [3.05, 3.63) is 53.3 Å². The van der Waals surface area contributed by atoms with Crippen LogP contribution in [0, 0.1) is 23.0 Å². The number of nitrogens with one attached hydrogen (secondary N) is 2. The summed E-state index contributed by atoms with van der Waals surface area (Å²) in [5.74, 6) is -0.644. The Morgan fingerprint density at radius 2 is 1.67 bits per heavy atom. The van der Waals surface area contributed by atoms with E-state index < -0.39 is 47.2 Å². The fourth-order valence-electron chi connectivity index (χ4n) is 7.37. The van der Waals surface area contributed by atoms with Gasteiger partial charge >= 0.3 is 12.1 Å². The Hall–Kier alpha value is -3.44. The Morgan fingerprint density at radius 1 is 1.02 bits per heavy atom. The van der Waals surface area contributed by atoms with Crippen LogP contribution in [0.2, 0.25) is 0 Å². The quantitative estimate of drug-likeness (QED) is 0.135. The summed E-state index contributed by atoms with van der Waals surface area (Å²) in [5, 5.41) is 19.2. The van der Waals surface area contributed by atoms with Gasteiger partial charge in [0.1, 0.15) is 18.2 Å². The minimum Gasteiger partial charge on any atom is -0.784 e. The number of ether oxygens (including phenoxy) is 2. The van der Waals surface area contributed by atoms with Crippen molar-refractivity contribution in [2.45, 2.75) is 129 Å². The lowest BCUT2D eigenvalue weighted by atomic mass is 9.80. The minimum absolute atomic E-state index is 0.0977. The first kappa shape index (κ1) is 40.0. The lowest BCUT2D eigenvalue weighted by molar-refractivity contribution is -0.146. The zero-order valence-corrected chi connectivity index (χ0v) is 30.8. The molecule has 11 nitrogen and oxygen atoms in total. The molecular weight excluding hydrogens is 624 g/mol. The van der Waals surface area contributed by atoms with Gasteiger partial charge in [-0.3, -0.25) is 9.59 Å². The number of esters is 1. The Morgan fingerprint density at radius 3 is 2.29 bits per heavy atom. The first-order valence-electron chi connectivity index (χ1n) is 17.9. The number of hydrogen-bond acceptors (Lipinski definition) is 8. The number of allylic oxidation sites excluding steroid dienone is 1. The summed E-state index contributed by atoms with van der Waals surface area (Å²) in [7, 11) is 1.26. The lowest BCUT2D eigenvalue weighted by Gasteiger charge is -2.59. The van der Waals surface area contributed by atoms with Gasteiger partial charge in [-0.05, 0) is 83.6 Å². The molecule has 4 atom stereocenters. The van der Waals surface area contributed by atoms with Crippen molar-refractivity contribution in [3.63, 3.8) is 0 Å². The first-order valence-corrected chi connectivity index (χ1v) is 17.9. The molecule has 0 bridgehead atoms. The van der Waals surface area contributed by atoms with Gasteiger partial charge in [-0.25, -0.2) is 9.59 Å². The summed E-state index contributed by atoms with van der Waals surface area (Å²) >= 11 is 0. The molecule has 0 radical (unpaired) electrons. The van der Waals surface area contributed by atoms with Crippen molar-refractivity contribution >= 4 is 23.9 Å². The van der Waals surface area contributed by atoms with Crippen molar-refractivity contribution in [2.24, 2.45) is 17.8 Å². The summed E-state index contributed by atoms with van der Waals surface area (Å²) < 4.78 is 10.6. The number of rotatable bonds is 15. The number of nitrogens with zero attached hydrogens (tertiary/aromatic N) is 2. The van der Waals surface area contributed by atoms with E-state index in [4.69, 9.17) is 9.47 Å². The molecule has 0 saturated carbocycles. The third kappa shape index (κ3) is 11.8. The standard InChI is InChI=1S/C38H59N4O7/c1-26(2)22-27(3)18-19-29(23-28-14-10-9-11-15-28)34(44)41-21-13-17-32(41)33(43)40-31(35(45)48-8)16-12-20-39-36(46)49-30-24-37(4,5)42(47)38(6,7)25-30/h9-11,14-15,18-19,26-27,29-32H,12-13,16-17,20-25H2,1-8H3,(H,39,46)(H,40,43)/q-1/b19-18+/t27-,29-,31+,32+/m1/s1. The molecule has 2 aliphatic rings. The molecule has 1 aromatic carbocycles. The van der Waals surface area contributed by atoms with E-state index in [0.29, 0.717) is 56.9 Å². The molecule has 0 aliphatic carbocycles. The number of methoxy groups -OCH3 is 1. The summed E-state index contributed by atoms with van der Waals surface area (Å²) in [6.07, 6.45) is 7.30. The predicted molar refractivity (Wildman–Crippen MR) is 190 cm³/mol. The smallest absolute Gasteiger partial charge is 0.407 e. The molecule has 11 heteroatoms. The average Bonchev–Trinajstić information content (AvgIpc) is 3.53. The normalized spacial score (nSPS) is 21.3. The zero-order valence-electron chi connectivity index (χ0n) is 30.8. The van der Waals surface area contributed by atoms with Crippen molar-refractivity contribution in [3.8, 4) is 0 Å². The van der Waals surface area contributed by atoms with Gasteiger partial charge in [0.25, 0.3) is 0 Å². The number of hydroxylamine groups is 2. The monoisotopic (exact) mass is 683 g/mol. The van der Waals surface area contributed by atoms with E-state index in [1.807, 2.05) is 64.1 Å². The number of likely N-dealkylation sites (tertiary alicyclic amines) is 1. The molecule has 49 heavy (non-hydrogen) atoms. The van der Waals surface area contributed by atoms with E-state index in [9.17, 15) is 24.4 Å². The van der Waals surface area contributed by atoms with Crippen LogP contribution in [-0.4, -0.2) is 83.3 Å². The van der Waals surface area contributed by atoms with Gasteiger partial charge < -0.3 is 35.3 Å². The highest BCUT2D eigenvalue weighted by molar-refractivity contribution is 5.92. The topological polar surface area (TPSA) is 140 Å². The molecule has 2 heterocycles. The number of carbonyl (C=O) groups excluding carboxylic acids is 4. The van der Waals surface area contributed by atoms with Crippen molar-refractivity contribution in [2.75, 3.05) is 20.2 Å². The molecule has 274 valence electrons. The largest absolute Gasteiger partial charge is 0.784 e. The average molecular weight is 684 g/mol. The highest BCUT2D eigenvalue weighted by Gasteiger charge is 2.42. The van der Waals surface area contributed by atoms with Gasteiger partial charge in [0.2, 0.25) is 11.8 Å². The molecular formula is C38H59N4O7-. The molecule has 0 spiro atoms. The number of alkyl carbamates (subject to hydrolysis) is 1. The maximum Gasteiger partial charge on any atom is 0.407 e. The van der Waals surface area contributed by atoms with Crippen LogP contribution in [0.4, 0.5) is 4.79 Å². The molecule has 3 rings (SSSR count). The van der Waals surface area contributed by atoms with E-state index in [1.54, 1.807) is 4.90 Å². The SMILES string of the molecule is COC(=O)[C@H](CCCNC(=O)OC1CC(C)(C)N([O-])C(C)(C)C1)NC(=O)[C@@H]1CCCN1C(=O)[C@H](/C=C/[C@@H](C)CC(C)C)Cc1ccccc1. The van der Waals surface area contributed by atoms with Crippen LogP contribution >= 0.6 is 0 Å². The van der Waals surface area contributed by atoms with Crippen LogP contribution in [0.3, 0.4) is 0 Å². The van der Waals surface area contributed by atoms with E-state index in [-0.39, 0.29) is 24.8 Å².